The van der Waals surface area contributed by atoms with Gasteiger partial charge in [-0.05, 0) is 54.8 Å². The molecule has 0 saturated carbocycles. The summed E-state index contributed by atoms with van der Waals surface area (Å²) in [5, 5.41) is 2.82. The number of hydrogen-bond acceptors (Lipinski definition) is 4. The van der Waals surface area contributed by atoms with E-state index >= 15 is 0 Å². The summed E-state index contributed by atoms with van der Waals surface area (Å²) in [5.41, 5.74) is 3.68. The van der Waals surface area contributed by atoms with E-state index in [-0.39, 0.29) is 25.4 Å². The zero-order chi connectivity index (χ0) is 18.4. The predicted molar refractivity (Wildman–Crippen MR) is 98.7 cm³/mol. The number of carbonyl (C=O) groups excluding carboxylic acids is 1. The van der Waals surface area contributed by atoms with Crippen LogP contribution < -0.4 is 5.32 Å². The molecule has 0 unspecified atom stereocenters. The highest BCUT2D eigenvalue weighted by molar-refractivity contribution is 7.88. The highest BCUT2D eigenvalue weighted by Crippen LogP contribution is 2.14. The number of nitrogens with one attached hydrogen (secondary N) is 1. The molecule has 0 aliphatic rings. The first-order chi connectivity index (χ1) is 11.7. The molecule has 134 valence electrons. The van der Waals surface area contributed by atoms with Crippen molar-refractivity contribution in [3.63, 3.8) is 0 Å². The molecule has 0 atom stereocenters. The lowest BCUT2D eigenvalue weighted by Crippen LogP contribution is -2.32. The van der Waals surface area contributed by atoms with Gasteiger partial charge in [0.05, 0.1) is 6.26 Å². The van der Waals surface area contributed by atoms with Gasteiger partial charge in [0.2, 0.25) is 15.9 Å². The number of nitrogens with zero attached hydrogens (tertiary/aromatic N) is 2. The van der Waals surface area contributed by atoms with Gasteiger partial charge in [-0.15, -0.1) is 0 Å². The van der Waals surface area contributed by atoms with Crippen molar-refractivity contribution in [2.24, 2.45) is 0 Å². The first-order valence-electron chi connectivity index (χ1n) is 7.96. The SMILES string of the molecule is Cc1cc(C)cc(NC(=O)CCN(Cc2ccncc2)S(C)(=O)=O)c1. The van der Waals surface area contributed by atoms with Crippen molar-refractivity contribution in [2.45, 2.75) is 26.8 Å². The van der Waals surface area contributed by atoms with Gasteiger partial charge >= 0.3 is 0 Å². The molecule has 0 radical (unpaired) electrons. The van der Waals surface area contributed by atoms with Crippen molar-refractivity contribution in [1.82, 2.24) is 9.29 Å². The Kier molecular flexibility index (Phi) is 6.27. The molecule has 0 aliphatic carbocycles. The van der Waals surface area contributed by atoms with Crippen LogP contribution in [0.3, 0.4) is 0 Å². The van der Waals surface area contributed by atoms with Gasteiger partial charge in [-0.3, -0.25) is 9.78 Å². The minimum absolute atomic E-state index is 0.0884. The smallest absolute Gasteiger partial charge is 0.225 e. The van der Waals surface area contributed by atoms with Crippen LogP contribution in [0.25, 0.3) is 0 Å². The summed E-state index contributed by atoms with van der Waals surface area (Å²) in [7, 11) is -3.41. The third-order valence-corrected chi connectivity index (χ3v) is 4.92. The van der Waals surface area contributed by atoms with Gasteiger partial charge in [0.1, 0.15) is 0 Å². The fraction of sp³-hybridized carbons (Fsp3) is 0.333. The van der Waals surface area contributed by atoms with Crippen LogP contribution in [0.1, 0.15) is 23.1 Å². The van der Waals surface area contributed by atoms with Crippen molar-refractivity contribution in [1.29, 1.82) is 0 Å². The number of carbonyl (C=O) groups is 1. The zero-order valence-corrected chi connectivity index (χ0v) is 15.5. The molecule has 6 nitrogen and oxygen atoms in total. The minimum Gasteiger partial charge on any atom is -0.326 e. The van der Waals surface area contributed by atoms with Crippen molar-refractivity contribution in [3.8, 4) is 0 Å². The average Bonchev–Trinajstić information content (AvgIpc) is 2.50. The Labute approximate surface area is 148 Å². The van der Waals surface area contributed by atoms with Crippen molar-refractivity contribution < 1.29 is 13.2 Å². The number of pyridine rings is 1. The quantitative estimate of drug-likeness (QED) is 0.822. The first kappa shape index (κ1) is 19.1. The molecule has 1 amide bonds. The summed E-state index contributed by atoms with van der Waals surface area (Å²) >= 11 is 0. The van der Waals surface area contributed by atoms with E-state index in [0.717, 1.165) is 28.6 Å². The fourth-order valence-corrected chi connectivity index (χ4v) is 3.36. The van der Waals surface area contributed by atoms with E-state index in [1.165, 1.54) is 4.31 Å². The molecule has 0 fully saturated rings. The number of anilines is 1. The molecule has 0 aliphatic heterocycles. The fourth-order valence-electron chi connectivity index (χ4n) is 2.55. The van der Waals surface area contributed by atoms with E-state index in [1.54, 1.807) is 24.5 Å². The van der Waals surface area contributed by atoms with Crippen LogP contribution in [0.5, 0.6) is 0 Å². The molecular formula is C18H23N3O3S. The number of aryl methyl sites for hydroxylation is 2. The van der Waals surface area contributed by atoms with E-state index in [4.69, 9.17) is 0 Å². The Hall–Kier alpha value is -2.25. The van der Waals surface area contributed by atoms with Gasteiger partial charge in [0.15, 0.2) is 0 Å². The highest BCUT2D eigenvalue weighted by Gasteiger charge is 2.18. The number of benzene rings is 1. The summed E-state index contributed by atoms with van der Waals surface area (Å²) in [4.78, 5) is 16.1. The Morgan fingerprint density at radius 1 is 1.12 bits per heavy atom. The molecule has 0 saturated heterocycles. The number of aromatic nitrogens is 1. The van der Waals surface area contributed by atoms with E-state index in [0.29, 0.717) is 0 Å². The van der Waals surface area contributed by atoms with Crippen LogP contribution in [-0.4, -0.2) is 36.4 Å². The lowest BCUT2D eigenvalue weighted by atomic mass is 10.1. The van der Waals surface area contributed by atoms with Crippen LogP contribution in [0.2, 0.25) is 0 Å². The summed E-state index contributed by atoms with van der Waals surface area (Å²) in [6.45, 7) is 4.27. The number of rotatable bonds is 7. The second-order valence-corrected chi connectivity index (χ2v) is 8.11. The first-order valence-corrected chi connectivity index (χ1v) is 9.81. The lowest BCUT2D eigenvalue weighted by Gasteiger charge is -2.19. The summed E-state index contributed by atoms with van der Waals surface area (Å²) in [5.74, 6) is -0.214. The maximum Gasteiger partial charge on any atom is 0.225 e. The highest BCUT2D eigenvalue weighted by atomic mass is 32.2. The van der Waals surface area contributed by atoms with Gasteiger partial charge < -0.3 is 5.32 Å². The van der Waals surface area contributed by atoms with Crippen molar-refractivity contribution in [3.05, 3.63) is 59.4 Å². The molecule has 2 rings (SSSR count). The second-order valence-electron chi connectivity index (χ2n) is 6.13. The van der Waals surface area contributed by atoms with Gasteiger partial charge in [-0.25, -0.2) is 8.42 Å². The van der Waals surface area contributed by atoms with E-state index in [1.807, 2.05) is 32.0 Å². The van der Waals surface area contributed by atoms with Crippen LogP contribution >= 0.6 is 0 Å². The molecule has 7 heteroatoms. The van der Waals surface area contributed by atoms with Gasteiger partial charge in [-0.2, -0.15) is 4.31 Å². The summed E-state index contributed by atoms with van der Waals surface area (Å²) in [6.07, 6.45) is 4.46. The third-order valence-electron chi connectivity index (χ3n) is 3.67. The number of amides is 1. The Bertz CT molecular complexity index is 816. The van der Waals surface area contributed by atoms with Crippen LogP contribution in [0.4, 0.5) is 5.69 Å². The van der Waals surface area contributed by atoms with E-state index in [9.17, 15) is 13.2 Å². The Morgan fingerprint density at radius 3 is 2.28 bits per heavy atom. The van der Waals surface area contributed by atoms with Gasteiger partial charge in [0.25, 0.3) is 0 Å². The number of hydrogen-bond donors (Lipinski definition) is 1. The van der Waals surface area contributed by atoms with Crippen LogP contribution in [0.15, 0.2) is 42.7 Å². The van der Waals surface area contributed by atoms with Gasteiger partial charge in [-0.1, -0.05) is 6.07 Å². The van der Waals surface area contributed by atoms with Gasteiger partial charge in [0, 0.05) is 37.6 Å². The lowest BCUT2D eigenvalue weighted by molar-refractivity contribution is -0.116. The molecule has 25 heavy (non-hydrogen) atoms. The van der Waals surface area contributed by atoms with Crippen molar-refractivity contribution >= 4 is 21.6 Å². The molecule has 1 N–H and O–H groups in total. The molecule has 0 bridgehead atoms. The summed E-state index contributed by atoms with van der Waals surface area (Å²) < 4.78 is 25.2. The van der Waals surface area contributed by atoms with Crippen LogP contribution in [0, 0.1) is 13.8 Å². The number of sulfonamides is 1. The van der Waals surface area contributed by atoms with E-state index < -0.39 is 10.0 Å². The standard InChI is InChI=1S/C18H23N3O3S/c1-14-10-15(2)12-17(11-14)20-18(22)6-9-21(25(3,23)24)13-16-4-7-19-8-5-16/h4-5,7-8,10-12H,6,9,13H2,1-3H3,(H,20,22). The Balaban J connectivity index is 1.99. The predicted octanol–water partition coefficient (Wildman–Crippen LogP) is 2.49. The third kappa shape index (κ3) is 6.28. The second kappa shape index (κ2) is 8.22. The molecule has 0 spiro atoms. The maximum absolute atomic E-state index is 12.2. The largest absolute Gasteiger partial charge is 0.326 e. The summed E-state index contributed by atoms with van der Waals surface area (Å²) in [6, 6.07) is 9.31. The maximum atomic E-state index is 12.2. The molecule has 2 aromatic rings. The molecular weight excluding hydrogens is 338 g/mol. The molecule has 1 aromatic carbocycles. The van der Waals surface area contributed by atoms with Crippen molar-refractivity contribution in [2.75, 3.05) is 18.1 Å². The normalized spacial score (nSPS) is 11.5. The molecule has 1 heterocycles. The Morgan fingerprint density at radius 2 is 1.72 bits per heavy atom. The molecule has 1 aromatic heterocycles. The zero-order valence-electron chi connectivity index (χ0n) is 14.7. The topological polar surface area (TPSA) is 79.4 Å². The monoisotopic (exact) mass is 361 g/mol. The minimum atomic E-state index is -3.41. The van der Waals surface area contributed by atoms with E-state index in [2.05, 4.69) is 10.3 Å². The van der Waals surface area contributed by atoms with Crippen LogP contribution in [-0.2, 0) is 21.4 Å². The average molecular weight is 361 g/mol.